The van der Waals surface area contributed by atoms with Crippen LogP contribution in [0.15, 0.2) is 64.8 Å². The maximum absolute atomic E-state index is 12.7. The number of ketones is 1. The molecule has 0 amide bonds. The first-order chi connectivity index (χ1) is 14.5. The second-order valence-electron chi connectivity index (χ2n) is 6.49. The quantitative estimate of drug-likeness (QED) is 0.268. The summed E-state index contributed by atoms with van der Waals surface area (Å²) in [5.74, 6) is -2.36. The van der Waals surface area contributed by atoms with Gasteiger partial charge < -0.3 is 0 Å². The zero-order valence-corrected chi connectivity index (χ0v) is 16.6. The van der Waals surface area contributed by atoms with Crippen LogP contribution in [0.1, 0.15) is 40.1 Å². The number of carbonyl (C=O) groups is 2. The summed E-state index contributed by atoms with van der Waals surface area (Å²) >= 11 is 0. The van der Waals surface area contributed by atoms with E-state index in [1.54, 1.807) is 49.4 Å². The Hall–Kier alpha value is -3.88. The van der Waals surface area contributed by atoms with Crippen molar-refractivity contribution in [1.29, 1.82) is 10.5 Å². The van der Waals surface area contributed by atoms with E-state index in [0.29, 0.717) is 5.56 Å². The summed E-state index contributed by atoms with van der Waals surface area (Å²) in [5, 5.41) is 25.6. The minimum Gasteiger partial charge on any atom is -0.290 e. The lowest BCUT2D eigenvalue weighted by Crippen LogP contribution is -2.22. The molecular formula is C22H20N4O4. The number of nitriles is 2. The molecule has 0 aliphatic rings. The highest BCUT2D eigenvalue weighted by Gasteiger charge is 2.24. The summed E-state index contributed by atoms with van der Waals surface area (Å²) in [6, 6.07) is 18.7. The number of hydrogen-bond acceptors (Lipinski definition) is 8. The molecule has 0 aliphatic carbocycles. The molecule has 30 heavy (non-hydrogen) atoms. The zero-order chi connectivity index (χ0) is 21.9. The average molecular weight is 404 g/mol. The summed E-state index contributed by atoms with van der Waals surface area (Å²) < 4.78 is 0. The number of carbonyl (C=O) groups excluding carboxylic acids is 2. The van der Waals surface area contributed by atoms with Crippen molar-refractivity contribution in [1.82, 2.24) is 0 Å². The average Bonchev–Trinajstić information content (AvgIpc) is 2.80. The van der Waals surface area contributed by atoms with Crippen molar-refractivity contribution in [2.24, 2.45) is 22.1 Å². The summed E-state index contributed by atoms with van der Waals surface area (Å²) in [6.07, 6.45) is -1.16. The molecule has 0 aromatic heterocycles. The van der Waals surface area contributed by atoms with E-state index >= 15 is 0 Å². The molecule has 0 saturated carbocycles. The Bertz CT molecular complexity index is 992. The van der Waals surface area contributed by atoms with Crippen LogP contribution in [0.4, 0.5) is 0 Å². The summed E-state index contributed by atoms with van der Waals surface area (Å²) in [5.41, 5.74) is 0.603. The molecular weight excluding hydrogens is 384 g/mol. The van der Waals surface area contributed by atoms with Gasteiger partial charge in [-0.2, -0.15) is 25.6 Å². The van der Waals surface area contributed by atoms with Gasteiger partial charge in [0.25, 0.3) is 0 Å². The lowest BCUT2D eigenvalue weighted by Gasteiger charge is -2.13. The molecule has 2 aromatic carbocycles. The van der Waals surface area contributed by atoms with Crippen LogP contribution in [0.3, 0.4) is 0 Å². The number of benzene rings is 2. The fourth-order valence-corrected chi connectivity index (χ4v) is 2.30. The van der Waals surface area contributed by atoms with Crippen LogP contribution in [0.25, 0.3) is 0 Å². The molecule has 2 rings (SSSR count). The maximum Gasteiger partial charge on any atom is 0.373 e. The molecule has 0 fully saturated rings. The first-order valence-electron chi connectivity index (χ1n) is 9.20. The third kappa shape index (κ3) is 6.06. The Morgan fingerprint density at radius 3 is 2.23 bits per heavy atom. The minimum absolute atomic E-state index is 0.0183. The first-order valence-corrected chi connectivity index (χ1v) is 9.20. The van der Waals surface area contributed by atoms with E-state index in [4.69, 9.17) is 20.3 Å². The highest BCUT2D eigenvalue weighted by Crippen LogP contribution is 2.17. The molecule has 0 heterocycles. The number of rotatable bonds is 9. The minimum atomic E-state index is -1.16. The molecule has 2 aromatic rings. The highest BCUT2D eigenvalue weighted by atomic mass is 17.2. The number of nitrogens with zero attached hydrogens (tertiary/aromatic N) is 4. The van der Waals surface area contributed by atoms with Gasteiger partial charge >= 0.3 is 5.97 Å². The molecule has 3 unspecified atom stereocenters. The zero-order valence-electron chi connectivity index (χ0n) is 16.6. The van der Waals surface area contributed by atoms with E-state index < -0.39 is 18.1 Å². The van der Waals surface area contributed by atoms with E-state index in [1.165, 1.54) is 19.1 Å². The highest BCUT2D eigenvalue weighted by molar-refractivity contribution is 6.14. The van der Waals surface area contributed by atoms with Crippen LogP contribution >= 0.6 is 0 Å². The van der Waals surface area contributed by atoms with Gasteiger partial charge in [0.1, 0.15) is 0 Å². The second kappa shape index (κ2) is 11.2. The number of hydrogen-bond donors (Lipinski definition) is 0. The Labute approximate surface area is 174 Å². The van der Waals surface area contributed by atoms with Gasteiger partial charge in [-0.3, -0.25) is 9.68 Å². The van der Waals surface area contributed by atoms with Crippen molar-refractivity contribution < 1.29 is 19.4 Å². The Morgan fingerprint density at radius 1 is 0.967 bits per heavy atom. The van der Waals surface area contributed by atoms with Crippen molar-refractivity contribution in [2.75, 3.05) is 6.54 Å². The number of azo groups is 1. The Kier molecular flexibility index (Phi) is 8.37. The lowest BCUT2D eigenvalue weighted by atomic mass is 9.98. The molecule has 8 nitrogen and oxygen atoms in total. The Morgan fingerprint density at radius 2 is 1.60 bits per heavy atom. The van der Waals surface area contributed by atoms with Crippen molar-refractivity contribution in [2.45, 2.75) is 20.1 Å². The molecule has 0 N–H and O–H groups in total. The van der Waals surface area contributed by atoms with Crippen LogP contribution < -0.4 is 0 Å². The van der Waals surface area contributed by atoms with Gasteiger partial charge in [0.2, 0.25) is 6.23 Å². The molecule has 8 heteroatoms. The van der Waals surface area contributed by atoms with Crippen molar-refractivity contribution in [3.05, 3.63) is 71.3 Å². The third-order valence-electron chi connectivity index (χ3n) is 4.05. The smallest absolute Gasteiger partial charge is 0.290 e. The molecule has 0 bridgehead atoms. The van der Waals surface area contributed by atoms with E-state index in [9.17, 15) is 9.59 Å². The van der Waals surface area contributed by atoms with Crippen molar-refractivity contribution >= 4 is 11.8 Å². The van der Waals surface area contributed by atoms with Gasteiger partial charge in [-0.25, -0.2) is 4.79 Å². The van der Waals surface area contributed by atoms with Crippen LogP contribution in [0, 0.1) is 34.5 Å². The molecule has 0 spiro atoms. The van der Waals surface area contributed by atoms with Crippen LogP contribution in [0.5, 0.6) is 0 Å². The van der Waals surface area contributed by atoms with Crippen LogP contribution in [0.2, 0.25) is 0 Å². The monoisotopic (exact) mass is 404 g/mol. The van der Waals surface area contributed by atoms with Crippen molar-refractivity contribution in [3.8, 4) is 12.1 Å². The van der Waals surface area contributed by atoms with E-state index in [1.807, 2.05) is 12.1 Å². The van der Waals surface area contributed by atoms with Gasteiger partial charge in [-0.05, 0) is 19.9 Å². The fourth-order valence-electron chi connectivity index (χ4n) is 2.30. The van der Waals surface area contributed by atoms with Gasteiger partial charge in [0, 0.05) is 11.1 Å². The molecule has 0 aliphatic heterocycles. The molecule has 0 saturated heterocycles. The largest absolute Gasteiger partial charge is 0.373 e. The van der Waals surface area contributed by atoms with Gasteiger partial charge in [-0.1, -0.05) is 48.5 Å². The summed E-state index contributed by atoms with van der Waals surface area (Å²) in [6.45, 7) is 3.32. The van der Waals surface area contributed by atoms with Crippen LogP contribution in [-0.2, 0) is 9.78 Å². The predicted octanol–water partition coefficient (Wildman–Crippen LogP) is 4.10. The van der Waals surface area contributed by atoms with Gasteiger partial charge in [0.15, 0.2) is 5.78 Å². The van der Waals surface area contributed by atoms with Gasteiger partial charge in [-0.15, -0.1) is 0 Å². The van der Waals surface area contributed by atoms with E-state index in [2.05, 4.69) is 10.2 Å². The standard InChI is InChI=1S/C22H20N4O4/c1-15(12-23)14-25-26-21(16(2)13-24)29-30-22(28)19-11-7-6-10-18(19)20(27)17-8-4-3-5-9-17/h3-11,15-16,21H,14H2,1-2H3. The third-order valence-corrected chi connectivity index (χ3v) is 4.05. The molecule has 0 radical (unpaired) electrons. The predicted molar refractivity (Wildman–Crippen MR) is 106 cm³/mol. The lowest BCUT2D eigenvalue weighted by molar-refractivity contribution is -0.280. The normalized spacial score (nSPS) is 13.6. The summed E-state index contributed by atoms with van der Waals surface area (Å²) in [7, 11) is 0. The molecule has 3 atom stereocenters. The van der Waals surface area contributed by atoms with E-state index in [-0.39, 0.29) is 29.4 Å². The SMILES string of the molecule is CC(C#N)CN=NC(OOC(=O)c1ccccc1C(=O)c1ccccc1)C(C)C#N. The Balaban J connectivity index is 2.14. The first kappa shape index (κ1) is 22.4. The van der Waals surface area contributed by atoms with Crippen LogP contribution in [-0.4, -0.2) is 24.5 Å². The second-order valence-corrected chi connectivity index (χ2v) is 6.49. The van der Waals surface area contributed by atoms with Crippen molar-refractivity contribution in [3.63, 3.8) is 0 Å². The van der Waals surface area contributed by atoms with E-state index in [0.717, 1.165) is 0 Å². The fraction of sp³-hybridized carbons (Fsp3) is 0.273. The van der Waals surface area contributed by atoms with Gasteiger partial charge in [0.05, 0.1) is 36.1 Å². The molecule has 152 valence electrons. The topological polar surface area (TPSA) is 125 Å². The summed E-state index contributed by atoms with van der Waals surface area (Å²) in [4.78, 5) is 35.2. The maximum atomic E-state index is 12.7.